The van der Waals surface area contributed by atoms with Crippen molar-refractivity contribution in [2.45, 2.75) is 52.1 Å². The van der Waals surface area contributed by atoms with E-state index in [-0.39, 0.29) is 54.8 Å². The molecule has 1 aromatic carbocycles. The van der Waals surface area contributed by atoms with E-state index in [1.807, 2.05) is 6.92 Å². The van der Waals surface area contributed by atoms with Gasteiger partial charge in [-0.2, -0.15) is 0 Å². The Labute approximate surface area is 175 Å². The Morgan fingerprint density at radius 2 is 2.07 bits per heavy atom. The van der Waals surface area contributed by atoms with E-state index in [9.17, 15) is 23.1 Å². The lowest BCUT2D eigenvalue weighted by Gasteiger charge is -2.24. The number of ether oxygens (including phenoxy) is 1. The Bertz CT molecular complexity index is 1140. The van der Waals surface area contributed by atoms with Crippen LogP contribution in [0.5, 0.6) is 5.75 Å². The van der Waals surface area contributed by atoms with Crippen LogP contribution >= 0.6 is 0 Å². The van der Waals surface area contributed by atoms with Crippen LogP contribution in [-0.2, 0) is 32.3 Å². The molecule has 2 heterocycles. The van der Waals surface area contributed by atoms with Crippen LogP contribution in [0.2, 0.25) is 0 Å². The van der Waals surface area contributed by atoms with Crippen LogP contribution in [0.25, 0.3) is 11.0 Å². The number of esters is 1. The highest BCUT2D eigenvalue weighted by Gasteiger charge is 2.38. The molecule has 0 radical (unpaired) electrons. The Balaban J connectivity index is 1.92. The Hall–Kier alpha value is -2.39. The van der Waals surface area contributed by atoms with E-state index in [4.69, 9.17) is 9.15 Å². The van der Waals surface area contributed by atoms with E-state index in [0.29, 0.717) is 28.5 Å². The van der Waals surface area contributed by atoms with E-state index < -0.39 is 21.0 Å². The number of carbonyl (C=O) groups is 1. The molecule has 1 saturated heterocycles. The number of phenolic OH excluding ortho intramolecular Hbond substituents is 1. The van der Waals surface area contributed by atoms with Crippen LogP contribution < -0.4 is 10.9 Å². The SMILES string of the molecule is CCOC(=O)CCc1c(C)c2ccc(O)c(CNC3(C)CCS(=O)(=O)C3)c2oc1=O. The zero-order valence-electron chi connectivity index (χ0n) is 17.4. The quantitative estimate of drug-likeness (QED) is 0.498. The molecule has 0 spiro atoms. The molecule has 1 aliphatic rings. The summed E-state index contributed by atoms with van der Waals surface area (Å²) < 4.78 is 34.1. The van der Waals surface area contributed by atoms with E-state index in [1.54, 1.807) is 19.9 Å². The van der Waals surface area contributed by atoms with Gasteiger partial charge in [-0.3, -0.25) is 4.79 Å². The van der Waals surface area contributed by atoms with Crippen molar-refractivity contribution in [3.63, 3.8) is 0 Å². The first-order chi connectivity index (χ1) is 14.1. The van der Waals surface area contributed by atoms with Gasteiger partial charge in [0.05, 0.1) is 23.7 Å². The van der Waals surface area contributed by atoms with Crippen LogP contribution in [0, 0.1) is 6.92 Å². The Kier molecular flexibility index (Phi) is 6.24. The number of hydrogen-bond donors (Lipinski definition) is 2. The molecular formula is C21H27NO7S. The summed E-state index contributed by atoms with van der Waals surface area (Å²) in [6.45, 7) is 5.75. The molecule has 30 heavy (non-hydrogen) atoms. The number of sulfone groups is 1. The topological polar surface area (TPSA) is 123 Å². The van der Waals surface area contributed by atoms with Gasteiger partial charge in [0.2, 0.25) is 0 Å². The fraction of sp³-hybridized carbons (Fsp3) is 0.524. The summed E-state index contributed by atoms with van der Waals surface area (Å²) in [6, 6.07) is 3.19. The number of phenols is 1. The molecule has 0 aliphatic carbocycles. The second kappa shape index (κ2) is 8.39. The molecule has 3 rings (SSSR count). The maximum atomic E-state index is 12.6. The standard InChI is InChI=1S/C21H27NO7S/c1-4-28-18(24)8-6-15-13(2)14-5-7-17(23)16(19(14)29-20(15)25)11-22-21(3)9-10-30(26,27)12-21/h5,7,22-23H,4,6,8-12H2,1-3H3. The Morgan fingerprint density at radius 3 is 2.70 bits per heavy atom. The minimum atomic E-state index is -3.08. The highest BCUT2D eigenvalue weighted by molar-refractivity contribution is 7.91. The molecule has 2 aromatic rings. The fourth-order valence-corrected chi connectivity index (χ4v) is 5.99. The summed E-state index contributed by atoms with van der Waals surface area (Å²) in [6.07, 6.45) is 0.749. The maximum absolute atomic E-state index is 12.6. The predicted octanol–water partition coefficient (Wildman–Crippen LogP) is 1.97. The first-order valence-electron chi connectivity index (χ1n) is 9.93. The predicted molar refractivity (Wildman–Crippen MR) is 112 cm³/mol. The number of carbonyl (C=O) groups excluding carboxylic acids is 1. The normalized spacial score (nSPS) is 20.5. The molecule has 1 aliphatic heterocycles. The van der Waals surface area contributed by atoms with E-state index >= 15 is 0 Å². The van der Waals surface area contributed by atoms with Crippen molar-refractivity contribution >= 4 is 26.8 Å². The van der Waals surface area contributed by atoms with Gasteiger partial charge in [0.1, 0.15) is 11.3 Å². The smallest absolute Gasteiger partial charge is 0.339 e. The lowest BCUT2D eigenvalue weighted by molar-refractivity contribution is -0.143. The maximum Gasteiger partial charge on any atom is 0.339 e. The monoisotopic (exact) mass is 437 g/mol. The summed E-state index contributed by atoms with van der Waals surface area (Å²) in [4.78, 5) is 24.2. The van der Waals surface area contributed by atoms with Gasteiger partial charge in [0.15, 0.2) is 9.84 Å². The van der Waals surface area contributed by atoms with E-state index in [2.05, 4.69) is 5.32 Å². The minimum Gasteiger partial charge on any atom is -0.507 e. The molecule has 9 heteroatoms. The lowest BCUT2D eigenvalue weighted by atomic mass is 9.98. The van der Waals surface area contributed by atoms with Crippen LogP contribution in [-0.4, -0.2) is 43.1 Å². The minimum absolute atomic E-state index is 0.0203. The van der Waals surface area contributed by atoms with Crippen molar-refractivity contribution in [1.82, 2.24) is 5.32 Å². The zero-order valence-corrected chi connectivity index (χ0v) is 18.2. The first kappa shape index (κ1) is 22.3. The van der Waals surface area contributed by atoms with Crippen molar-refractivity contribution in [2.75, 3.05) is 18.1 Å². The second-order valence-electron chi connectivity index (χ2n) is 7.99. The summed E-state index contributed by atoms with van der Waals surface area (Å²) in [7, 11) is -3.08. The van der Waals surface area contributed by atoms with Crippen molar-refractivity contribution < 1.29 is 27.5 Å². The average molecular weight is 438 g/mol. The molecule has 8 nitrogen and oxygen atoms in total. The summed E-state index contributed by atoms with van der Waals surface area (Å²) >= 11 is 0. The first-order valence-corrected chi connectivity index (χ1v) is 11.8. The van der Waals surface area contributed by atoms with Crippen LogP contribution in [0.1, 0.15) is 43.4 Å². The largest absolute Gasteiger partial charge is 0.507 e. The number of nitrogens with one attached hydrogen (secondary N) is 1. The lowest BCUT2D eigenvalue weighted by Crippen LogP contribution is -2.42. The zero-order chi connectivity index (χ0) is 22.1. The molecule has 1 unspecified atom stereocenters. The van der Waals surface area contributed by atoms with Crippen LogP contribution in [0.15, 0.2) is 21.3 Å². The molecule has 1 aromatic heterocycles. The average Bonchev–Trinajstić information content (AvgIpc) is 2.94. The van der Waals surface area contributed by atoms with Gasteiger partial charge in [0.25, 0.3) is 0 Å². The highest BCUT2D eigenvalue weighted by atomic mass is 32.2. The van der Waals surface area contributed by atoms with Gasteiger partial charge in [-0.25, -0.2) is 13.2 Å². The van der Waals surface area contributed by atoms with Crippen molar-refractivity contribution in [3.05, 3.63) is 39.2 Å². The van der Waals surface area contributed by atoms with Crippen molar-refractivity contribution in [2.24, 2.45) is 0 Å². The number of fused-ring (bicyclic) bond motifs is 1. The summed E-state index contributed by atoms with van der Waals surface area (Å²) in [5.41, 5.74) is 0.563. The molecule has 2 N–H and O–H groups in total. The molecular weight excluding hydrogens is 410 g/mol. The van der Waals surface area contributed by atoms with Crippen molar-refractivity contribution in [1.29, 1.82) is 0 Å². The number of benzene rings is 1. The third kappa shape index (κ3) is 4.67. The number of rotatable bonds is 7. The van der Waals surface area contributed by atoms with Gasteiger partial charge in [-0.05, 0) is 51.3 Å². The molecule has 0 amide bonds. The molecule has 0 saturated carbocycles. The number of aromatic hydroxyl groups is 1. The summed E-state index contributed by atoms with van der Waals surface area (Å²) in [5, 5.41) is 14.2. The second-order valence-corrected chi connectivity index (χ2v) is 10.2. The fourth-order valence-electron chi connectivity index (χ4n) is 3.87. The van der Waals surface area contributed by atoms with Gasteiger partial charge < -0.3 is 19.6 Å². The molecule has 1 atom stereocenters. The number of hydrogen-bond acceptors (Lipinski definition) is 8. The van der Waals surface area contributed by atoms with Gasteiger partial charge in [0, 0.05) is 29.5 Å². The third-order valence-electron chi connectivity index (χ3n) is 5.61. The van der Waals surface area contributed by atoms with E-state index in [0.717, 1.165) is 0 Å². The van der Waals surface area contributed by atoms with Crippen LogP contribution in [0.3, 0.4) is 0 Å². The van der Waals surface area contributed by atoms with Gasteiger partial charge >= 0.3 is 11.6 Å². The summed E-state index contributed by atoms with van der Waals surface area (Å²) in [5.74, 6) is -0.282. The molecule has 164 valence electrons. The van der Waals surface area contributed by atoms with Crippen molar-refractivity contribution in [3.8, 4) is 5.75 Å². The molecule has 0 bridgehead atoms. The van der Waals surface area contributed by atoms with E-state index in [1.165, 1.54) is 6.07 Å². The highest BCUT2D eigenvalue weighted by Crippen LogP contribution is 2.31. The van der Waals surface area contributed by atoms with Gasteiger partial charge in [-0.15, -0.1) is 0 Å². The molecule has 1 fully saturated rings. The third-order valence-corrected chi connectivity index (χ3v) is 7.52. The number of aryl methyl sites for hydroxylation is 1. The Morgan fingerprint density at radius 1 is 1.33 bits per heavy atom. The van der Waals surface area contributed by atoms with Crippen LogP contribution in [0.4, 0.5) is 0 Å². The van der Waals surface area contributed by atoms with Gasteiger partial charge in [-0.1, -0.05) is 0 Å².